The average molecular weight is 400 g/mol. The summed E-state index contributed by atoms with van der Waals surface area (Å²) >= 11 is 2.77. The number of rotatable bonds is 4. The molecule has 1 N–H and O–H groups in total. The van der Waals surface area contributed by atoms with Crippen molar-refractivity contribution in [2.75, 3.05) is 12.3 Å². The second-order valence-electron chi connectivity index (χ2n) is 6.79. The Morgan fingerprint density at radius 1 is 1.33 bits per heavy atom. The molecule has 1 aliphatic rings. The smallest absolute Gasteiger partial charge is 0.260 e. The van der Waals surface area contributed by atoms with Crippen LogP contribution in [0.4, 0.5) is 0 Å². The summed E-state index contributed by atoms with van der Waals surface area (Å²) in [7, 11) is 0. The third-order valence-electron chi connectivity index (χ3n) is 4.96. The van der Waals surface area contributed by atoms with E-state index in [1.54, 1.807) is 0 Å². The van der Waals surface area contributed by atoms with Gasteiger partial charge in [-0.1, -0.05) is 42.1 Å². The van der Waals surface area contributed by atoms with E-state index in [2.05, 4.69) is 16.9 Å². The summed E-state index contributed by atoms with van der Waals surface area (Å²) in [5.74, 6) is 0.418. The normalized spacial score (nSPS) is 17.4. The summed E-state index contributed by atoms with van der Waals surface area (Å²) in [6.07, 6.45) is 3.32. The van der Waals surface area contributed by atoms with Gasteiger partial charge >= 0.3 is 0 Å². The molecule has 3 heterocycles. The van der Waals surface area contributed by atoms with Crippen LogP contribution in [0.5, 0.6) is 0 Å². The molecule has 1 atom stereocenters. The minimum absolute atomic E-state index is 0.117. The zero-order chi connectivity index (χ0) is 18.8. The highest BCUT2D eigenvalue weighted by atomic mass is 32.2. The number of piperidine rings is 1. The molecule has 0 radical (unpaired) electrons. The standard InChI is InChI=1S/C20H21N3O2S2/c1-13-7-5-6-10-23(13)16(24)12-27-20-21-18(25)17-15(11-26-19(17)22-20)14-8-3-2-4-9-14/h2-4,8-9,11,13H,5-7,10,12H2,1H3,(H,21,22,25)/t13-/m1/s1. The molecule has 4 rings (SSSR count). The van der Waals surface area contributed by atoms with Crippen molar-refractivity contribution in [1.29, 1.82) is 0 Å². The molecule has 5 nitrogen and oxygen atoms in total. The number of hydrogen-bond donors (Lipinski definition) is 1. The number of thiophene rings is 1. The predicted molar refractivity (Wildman–Crippen MR) is 111 cm³/mol. The summed E-state index contributed by atoms with van der Waals surface area (Å²) in [6, 6.07) is 10.1. The van der Waals surface area contributed by atoms with Gasteiger partial charge in [0.25, 0.3) is 5.56 Å². The summed E-state index contributed by atoms with van der Waals surface area (Å²) in [5, 5.41) is 3.09. The van der Waals surface area contributed by atoms with Crippen LogP contribution in [-0.4, -0.2) is 39.1 Å². The molecule has 1 saturated heterocycles. The van der Waals surface area contributed by atoms with Crippen LogP contribution < -0.4 is 5.56 Å². The van der Waals surface area contributed by atoms with Crippen molar-refractivity contribution in [1.82, 2.24) is 14.9 Å². The maximum atomic E-state index is 12.7. The number of aromatic nitrogens is 2. The zero-order valence-corrected chi connectivity index (χ0v) is 16.7. The van der Waals surface area contributed by atoms with E-state index in [-0.39, 0.29) is 11.5 Å². The Hall–Kier alpha value is -2.12. The van der Waals surface area contributed by atoms with Crippen LogP contribution in [-0.2, 0) is 4.79 Å². The largest absolute Gasteiger partial charge is 0.339 e. The van der Waals surface area contributed by atoms with Crippen LogP contribution in [0.15, 0.2) is 45.7 Å². The fourth-order valence-corrected chi connectivity index (χ4v) is 5.26. The van der Waals surface area contributed by atoms with Crippen molar-refractivity contribution in [2.45, 2.75) is 37.4 Å². The molecule has 0 unspecified atom stereocenters. The van der Waals surface area contributed by atoms with E-state index in [0.717, 1.165) is 30.5 Å². The van der Waals surface area contributed by atoms with Crippen LogP contribution in [0.1, 0.15) is 26.2 Å². The molecule has 0 spiro atoms. The number of fused-ring (bicyclic) bond motifs is 1. The number of amides is 1. The first-order valence-corrected chi connectivity index (χ1v) is 11.0. The number of carbonyl (C=O) groups excluding carboxylic acids is 1. The third-order valence-corrected chi connectivity index (χ3v) is 6.69. The second kappa shape index (κ2) is 7.86. The van der Waals surface area contributed by atoms with Gasteiger partial charge in [-0.05, 0) is 31.7 Å². The van der Waals surface area contributed by atoms with Gasteiger partial charge in [-0.15, -0.1) is 11.3 Å². The van der Waals surface area contributed by atoms with E-state index < -0.39 is 0 Å². The Bertz CT molecular complexity index is 1010. The first-order valence-electron chi connectivity index (χ1n) is 9.12. The van der Waals surface area contributed by atoms with Crippen molar-refractivity contribution < 1.29 is 4.79 Å². The first kappa shape index (κ1) is 18.3. The minimum Gasteiger partial charge on any atom is -0.339 e. The Kier molecular flexibility index (Phi) is 5.31. The van der Waals surface area contributed by atoms with Gasteiger partial charge in [-0.25, -0.2) is 4.98 Å². The van der Waals surface area contributed by atoms with Crippen molar-refractivity contribution >= 4 is 39.2 Å². The fourth-order valence-electron chi connectivity index (χ4n) is 3.51. The van der Waals surface area contributed by atoms with E-state index in [9.17, 15) is 9.59 Å². The summed E-state index contributed by atoms with van der Waals surface area (Å²) in [5.41, 5.74) is 1.76. The number of carbonyl (C=O) groups is 1. The molecule has 1 aromatic carbocycles. The molecule has 1 aliphatic heterocycles. The molecule has 3 aromatic rings. The van der Waals surface area contributed by atoms with Crippen LogP contribution in [0.25, 0.3) is 21.3 Å². The topological polar surface area (TPSA) is 66.1 Å². The SMILES string of the molecule is C[C@@H]1CCCCN1C(=O)CSc1nc2scc(-c3ccccc3)c2c(=O)[nH]1. The Morgan fingerprint density at radius 3 is 2.93 bits per heavy atom. The quantitative estimate of drug-likeness (QED) is 0.529. The number of nitrogens with zero attached hydrogens (tertiary/aromatic N) is 2. The number of hydrogen-bond acceptors (Lipinski definition) is 5. The summed E-state index contributed by atoms with van der Waals surface area (Å²) in [4.78, 5) is 35.2. The lowest BCUT2D eigenvalue weighted by Gasteiger charge is -2.33. The third kappa shape index (κ3) is 3.80. The number of thioether (sulfide) groups is 1. The number of H-pyrrole nitrogens is 1. The van der Waals surface area contributed by atoms with Crippen LogP contribution >= 0.6 is 23.1 Å². The number of aromatic amines is 1. The Labute approximate surface area is 165 Å². The maximum Gasteiger partial charge on any atom is 0.260 e. The summed E-state index contributed by atoms with van der Waals surface area (Å²) in [6.45, 7) is 2.93. The minimum atomic E-state index is -0.151. The molecule has 140 valence electrons. The van der Waals surface area contributed by atoms with Gasteiger partial charge in [0.05, 0.1) is 11.1 Å². The van der Waals surface area contributed by atoms with Gasteiger partial charge in [0.1, 0.15) is 4.83 Å². The highest BCUT2D eigenvalue weighted by Gasteiger charge is 2.23. The molecule has 27 heavy (non-hydrogen) atoms. The Morgan fingerprint density at radius 2 is 2.15 bits per heavy atom. The van der Waals surface area contributed by atoms with E-state index in [1.165, 1.54) is 29.5 Å². The van der Waals surface area contributed by atoms with Gasteiger partial charge in [-0.2, -0.15) is 0 Å². The van der Waals surface area contributed by atoms with E-state index in [1.807, 2.05) is 40.6 Å². The number of likely N-dealkylation sites (tertiary alicyclic amines) is 1. The fraction of sp³-hybridized carbons (Fsp3) is 0.350. The lowest BCUT2D eigenvalue weighted by atomic mass is 10.0. The second-order valence-corrected chi connectivity index (χ2v) is 8.61. The van der Waals surface area contributed by atoms with Crippen LogP contribution in [0.3, 0.4) is 0 Å². The monoisotopic (exact) mass is 399 g/mol. The van der Waals surface area contributed by atoms with Crippen molar-refractivity contribution in [2.24, 2.45) is 0 Å². The highest BCUT2D eigenvalue weighted by Crippen LogP contribution is 2.31. The van der Waals surface area contributed by atoms with Crippen molar-refractivity contribution in [3.8, 4) is 11.1 Å². The predicted octanol–water partition coefficient (Wildman–Crippen LogP) is 4.14. The Balaban J connectivity index is 1.54. The molecular formula is C20H21N3O2S2. The molecule has 2 aromatic heterocycles. The summed E-state index contributed by atoms with van der Waals surface area (Å²) < 4.78 is 0. The number of nitrogens with one attached hydrogen (secondary N) is 1. The van der Waals surface area contributed by atoms with E-state index in [0.29, 0.717) is 27.2 Å². The average Bonchev–Trinajstić information content (AvgIpc) is 3.12. The molecule has 1 fully saturated rings. The van der Waals surface area contributed by atoms with Crippen molar-refractivity contribution in [3.05, 3.63) is 46.1 Å². The molecular weight excluding hydrogens is 378 g/mol. The van der Waals surface area contributed by atoms with Gasteiger partial charge in [0.15, 0.2) is 5.16 Å². The lowest BCUT2D eigenvalue weighted by Crippen LogP contribution is -2.43. The number of benzene rings is 1. The van der Waals surface area contributed by atoms with E-state index >= 15 is 0 Å². The molecule has 0 bridgehead atoms. The van der Waals surface area contributed by atoms with Gasteiger partial charge in [0.2, 0.25) is 5.91 Å². The van der Waals surface area contributed by atoms with Crippen LogP contribution in [0, 0.1) is 0 Å². The molecule has 7 heteroatoms. The first-order chi connectivity index (χ1) is 13.1. The van der Waals surface area contributed by atoms with Gasteiger partial charge < -0.3 is 9.88 Å². The molecule has 0 saturated carbocycles. The maximum absolute atomic E-state index is 12.7. The van der Waals surface area contributed by atoms with Gasteiger partial charge in [0, 0.05) is 23.5 Å². The van der Waals surface area contributed by atoms with E-state index in [4.69, 9.17) is 0 Å². The zero-order valence-electron chi connectivity index (χ0n) is 15.1. The van der Waals surface area contributed by atoms with Crippen LogP contribution in [0.2, 0.25) is 0 Å². The highest BCUT2D eigenvalue weighted by molar-refractivity contribution is 7.99. The molecule has 0 aliphatic carbocycles. The lowest BCUT2D eigenvalue weighted by molar-refractivity contribution is -0.131. The van der Waals surface area contributed by atoms with Gasteiger partial charge in [-0.3, -0.25) is 9.59 Å². The molecule has 1 amide bonds. The van der Waals surface area contributed by atoms with Crippen molar-refractivity contribution in [3.63, 3.8) is 0 Å².